The smallest absolute Gasteiger partial charge is 0.0825 e. The number of likely N-dealkylation sites (N-methyl/N-ethyl adjacent to an activating group) is 1. The second-order valence-corrected chi connectivity index (χ2v) is 4.95. The number of nitrogen functional groups attached to an aromatic ring is 1. The molecule has 0 aromatic carbocycles. The SMILES string of the molecule is Cc1nn(CCN2CCN(C)CC2)c(C)c1N. The van der Waals surface area contributed by atoms with Crippen LogP contribution in [0, 0.1) is 13.8 Å². The standard InChI is InChI=1S/C12H23N5/c1-10-12(13)11(2)17(14-10)9-8-16-6-4-15(3)5-7-16/h4-9,13H2,1-3H3. The molecule has 0 atom stereocenters. The van der Waals surface area contributed by atoms with Crippen LogP contribution < -0.4 is 5.73 Å². The van der Waals surface area contributed by atoms with Gasteiger partial charge in [0.05, 0.1) is 23.6 Å². The van der Waals surface area contributed by atoms with Crippen molar-refractivity contribution in [2.24, 2.45) is 0 Å². The molecule has 0 spiro atoms. The van der Waals surface area contributed by atoms with Gasteiger partial charge in [-0.2, -0.15) is 5.10 Å². The lowest BCUT2D eigenvalue weighted by molar-refractivity contribution is 0.148. The van der Waals surface area contributed by atoms with Crippen LogP contribution in [-0.4, -0.2) is 59.4 Å². The average molecular weight is 237 g/mol. The zero-order chi connectivity index (χ0) is 12.4. The Labute approximate surface area is 103 Å². The van der Waals surface area contributed by atoms with Crippen molar-refractivity contribution in [1.82, 2.24) is 19.6 Å². The molecule has 5 heteroatoms. The highest BCUT2D eigenvalue weighted by Gasteiger charge is 2.14. The molecule has 0 saturated carbocycles. The van der Waals surface area contributed by atoms with E-state index in [2.05, 4.69) is 21.9 Å². The highest BCUT2D eigenvalue weighted by molar-refractivity contribution is 5.46. The first kappa shape index (κ1) is 12.4. The zero-order valence-electron chi connectivity index (χ0n) is 11.1. The van der Waals surface area contributed by atoms with Crippen LogP contribution in [0.4, 0.5) is 5.69 Å². The van der Waals surface area contributed by atoms with Crippen molar-refractivity contribution < 1.29 is 0 Å². The number of nitrogens with two attached hydrogens (primary N) is 1. The summed E-state index contributed by atoms with van der Waals surface area (Å²) >= 11 is 0. The van der Waals surface area contributed by atoms with Crippen molar-refractivity contribution in [2.45, 2.75) is 20.4 Å². The normalized spacial score (nSPS) is 18.8. The summed E-state index contributed by atoms with van der Waals surface area (Å²) in [7, 11) is 2.18. The number of nitrogens with zero attached hydrogens (tertiary/aromatic N) is 4. The van der Waals surface area contributed by atoms with E-state index in [4.69, 9.17) is 5.73 Å². The molecule has 1 aromatic heterocycles. The van der Waals surface area contributed by atoms with E-state index in [-0.39, 0.29) is 0 Å². The number of aryl methyl sites for hydroxylation is 1. The first-order valence-electron chi connectivity index (χ1n) is 6.28. The largest absolute Gasteiger partial charge is 0.396 e. The molecule has 1 aromatic rings. The summed E-state index contributed by atoms with van der Waals surface area (Å²) in [6, 6.07) is 0. The van der Waals surface area contributed by atoms with Crippen LogP contribution in [0.2, 0.25) is 0 Å². The summed E-state index contributed by atoms with van der Waals surface area (Å²) in [5.74, 6) is 0. The third-order valence-corrected chi connectivity index (χ3v) is 3.66. The number of rotatable bonds is 3. The predicted octanol–water partition coefficient (Wildman–Crippen LogP) is 0.330. The fourth-order valence-corrected chi connectivity index (χ4v) is 2.24. The Hall–Kier alpha value is -1.07. The van der Waals surface area contributed by atoms with E-state index < -0.39 is 0 Å². The Balaban J connectivity index is 1.87. The Bertz CT molecular complexity index is 376. The van der Waals surface area contributed by atoms with Crippen molar-refractivity contribution in [3.8, 4) is 0 Å². The van der Waals surface area contributed by atoms with Gasteiger partial charge in [0.1, 0.15) is 0 Å². The minimum absolute atomic E-state index is 0.836. The van der Waals surface area contributed by atoms with Gasteiger partial charge in [0, 0.05) is 32.7 Å². The van der Waals surface area contributed by atoms with Crippen molar-refractivity contribution in [2.75, 3.05) is 45.5 Å². The van der Waals surface area contributed by atoms with Crippen LogP contribution in [0.15, 0.2) is 0 Å². The van der Waals surface area contributed by atoms with E-state index in [1.54, 1.807) is 0 Å². The Morgan fingerprint density at radius 2 is 1.76 bits per heavy atom. The molecule has 5 nitrogen and oxygen atoms in total. The third-order valence-electron chi connectivity index (χ3n) is 3.66. The van der Waals surface area contributed by atoms with Crippen LogP contribution in [0.25, 0.3) is 0 Å². The summed E-state index contributed by atoms with van der Waals surface area (Å²) in [5, 5.41) is 4.46. The number of hydrogen-bond acceptors (Lipinski definition) is 4. The molecule has 0 radical (unpaired) electrons. The minimum Gasteiger partial charge on any atom is -0.396 e. The van der Waals surface area contributed by atoms with Gasteiger partial charge in [-0.3, -0.25) is 9.58 Å². The molecule has 2 heterocycles. The molecular weight excluding hydrogens is 214 g/mol. The molecule has 1 saturated heterocycles. The van der Waals surface area contributed by atoms with E-state index >= 15 is 0 Å². The van der Waals surface area contributed by atoms with Gasteiger partial charge in [0.25, 0.3) is 0 Å². The quantitative estimate of drug-likeness (QED) is 0.823. The molecular formula is C12H23N5. The fourth-order valence-electron chi connectivity index (χ4n) is 2.24. The van der Waals surface area contributed by atoms with Gasteiger partial charge in [-0.25, -0.2) is 0 Å². The molecule has 0 amide bonds. The van der Waals surface area contributed by atoms with Crippen molar-refractivity contribution >= 4 is 5.69 Å². The van der Waals surface area contributed by atoms with E-state index in [1.807, 2.05) is 18.5 Å². The van der Waals surface area contributed by atoms with E-state index in [1.165, 1.54) is 13.1 Å². The molecule has 96 valence electrons. The van der Waals surface area contributed by atoms with Crippen LogP contribution in [0.1, 0.15) is 11.4 Å². The van der Waals surface area contributed by atoms with Crippen molar-refractivity contribution in [3.05, 3.63) is 11.4 Å². The maximum absolute atomic E-state index is 5.93. The molecule has 1 aliphatic rings. The lowest BCUT2D eigenvalue weighted by Crippen LogP contribution is -2.45. The van der Waals surface area contributed by atoms with Gasteiger partial charge >= 0.3 is 0 Å². The van der Waals surface area contributed by atoms with Gasteiger partial charge in [-0.15, -0.1) is 0 Å². The predicted molar refractivity (Wildman–Crippen MR) is 70.1 cm³/mol. The first-order valence-corrected chi connectivity index (χ1v) is 6.28. The van der Waals surface area contributed by atoms with Gasteiger partial charge in [-0.05, 0) is 20.9 Å². The molecule has 2 N–H and O–H groups in total. The maximum atomic E-state index is 5.93. The van der Waals surface area contributed by atoms with E-state index in [0.29, 0.717) is 0 Å². The number of aromatic nitrogens is 2. The van der Waals surface area contributed by atoms with Crippen LogP contribution >= 0.6 is 0 Å². The van der Waals surface area contributed by atoms with Gasteiger partial charge in [0.2, 0.25) is 0 Å². The summed E-state index contributed by atoms with van der Waals surface area (Å²) in [6.07, 6.45) is 0. The first-order chi connectivity index (χ1) is 8.08. The molecule has 0 aliphatic carbocycles. The van der Waals surface area contributed by atoms with Gasteiger partial charge in [0.15, 0.2) is 0 Å². The fraction of sp³-hybridized carbons (Fsp3) is 0.750. The second-order valence-electron chi connectivity index (χ2n) is 4.95. The van der Waals surface area contributed by atoms with Crippen molar-refractivity contribution in [1.29, 1.82) is 0 Å². The van der Waals surface area contributed by atoms with Gasteiger partial charge < -0.3 is 10.6 Å². The van der Waals surface area contributed by atoms with Crippen molar-refractivity contribution in [3.63, 3.8) is 0 Å². The van der Waals surface area contributed by atoms with Crippen LogP contribution in [0.3, 0.4) is 0 Å². The maximum Gasteiger partial charge on any atom is 0.0825 e. The molecule has 2 rings (SSSR count). The van der Waals surface area contributed by atoms with Crippen LogP contribution in [-0.2, 0) is 6.54 Å². The molecule has 17 heavy (non-hydrogen) atoms. The topological polar surface area (TPSA) is 50.3 Å². The lowest BCUT2D eigenvalue weighted by Gasteiger charge is -2.32. The molecule has 1 fully saturated rings. The molecule has 0 unspecified atom stereocenters. The Morgan fingerprint density at radius 1 is 1.12 bits per heavy atom. The summed E-state index contributed by atoms with van der Waals surface area (Å²) < 4.78 is 2.03. The van der Waals surface area contributed by atoms with Crippen LogP contribution in [0.5, 0.6) is 0 Å². The summed E-state index contributed by atoms with van der Waals surface area (Å²) in [6.45, 7) is 10.7. The molecule has 1 aliphatic heterocycles. The lowest BCUT2D eigenvalue weighted by atomic mass is 10.3. The summed E-state index contributed by atoms with van der Waals surface area (Å²) in [5.41, 5.74) is 8.80. The minimum atomic E-state index is 0.836. The monoisotopic (exact) mass is 237 g/mol. The van der Waals surface area contributed by atoms with E-state index in [0.717, 1.165) is 43.3 Å². The van der Waals surface area contributed by atoms with Gasteiger partial charge in [-0.1, -0.05) is 0 Å². The average Bonchev–Trinajstić information content (AvgIpc) is 2.56. The summed E-state index contributed by atoms with van der Waals surface area (Å²) in [4.78, 5) is 4.87. The highest BCUT2D eigenvalue weighted by Crippen LogP contribution is 2.14. The number of hydrogen-bond donors (Lipinski definition) is 1. The zero-order valence-corrected chi connectivity index (χ0v) is 11.1. The Kier molecular flexibility index (Phi) is 3.69. The highest BCUT2D eigenvalue weighted by atomic mass is 15.3. The second kappa shape index (κ2) is 5.06. The number of piperazine rings is 1. The third kappa shape index (κ3) is 2.79. The van der Waals surface area contributed by atoms with E-state index in [9.17, 15) is 0 Å². The Morgan fingerprint density at radius 3 is 2.29 bits per heavy atom. The number of anilines is 1. The molecule has 0 bridgehead atoms.